The number of hydrogen-bond acceptors (Lipinski definition) is 0. The molecule has 0 aliphatic heterocycles. The Morgan fingerprint density at radius 1 is 1.20 bits per heavy atom. The average Bonchev–Trinajstić information content (AvgIpc) is 0. The van der Waals surface area contributed by atoms with E-state index in [0.717, 1.165) is 0 Å². The summed E-state index contributed by atoms with van der Waals surface area (Å²) >= 11 is 0. The molecule has 0 fully saturated rings. The van der Waals surface area contributed by atoms with Crippen molar-refractivity contribution in [2.45, 2.75) is 0 Å². The van der Waals surface area contributed by atoms with E-state index >= 15 is 0 Å². The van der Waals surface area contributed by atoms with Crippen LogP contribution >= 0.6 is 0 Å². The van der Waals surface area contributed by atoms with Gasteiger partial charge in [0, 0.05) is 43.6 Å². The molecule has 0 unspecified atom stereocenters. The van der Waals surface area contributed by atoms with Crippen molar-refractivity contribution in [2.24, 2.45) is 0 Å². The van der Waals surface area contributed by atoms with Crippen LogP contribution in [0, 0.1) is 0 Å². The summed E-state index contributed by atoms with van der Waals surface area (Å²) in [7, 11) is 0. The minimum Gasteiger partial charge on any atom is -1.00 e. The molecule has 0 aromatic carbocycles. The molecule has 0 N–H and O–H groups in total. The second-order valence-corrected chi connectivity index (χ2v) is 0. The molecule has 0 heterocycles. The van der Waals surface area contributed by atoms with Crippen LogP contribution in [-0.2, 0) is 43.6 Å². The van der Waals surface area contributed by atoms with E-state index in [9.17, 15) is 0 Å². The van der Waals surface area contributed by atoms with E-state index in [0.29, 0.717) is 0 Å². The predicted molar refractivity (Wildman–Crippen MR) is 29.3 cm³/mol. The van der Waals surface area contributed by atoms with Crippen LogP contribution in [0.2, 0.25) is 0 Å². The largest absolute Gasteiger partial charge is 2.00 e. The van der Waals surface area contributed by atoms with Crippen molar-refractivity contribution in [3.8, 4) is 0 Å². The summed E-state index contributed by atoms with van der Waals surface area (Å²) in [6.07, 6.45) is 0. The van der Waals surface area contributed by atoms with Crippen LogP contribution in [0.5, 0.6) is 0 Å². The van der Waals surface area contributed by atoms with E-state index in [1.54, 1.807) is 0 Å². The zero-order valence-electron chi connectivity index (χ0n) is 3.62. The molecule has 0 aromatic heterocycles. The molecule has 0 atom stereocenters. The van der Waals surface area contributed by atoms with E-state index in [2.05, 4.69) is 0 Å². The fraction of sp³-hybridized carbons (Fsp3) is 0. The molecule has 0 amide bonds. The van der Waals surface area contributed by atoms with Gasteiger partial charge in [0.1, 0.15) is 0 Å². The molecule has 0 bridgehead atoms. The second-order valence-electron chi connectivity index (χ2n) is 0. The third kappa shape index (κ3) is 19.6. The summed E-state index contributed by atoms with van der Waals surface area (Å²) in [6.45, 7) is 0. The van der Waals surface area contributed by atoms with Crippen LogP contribution in [-0.4, -0.2) is 51.4 Å². The summed E-state index contributed by atoms with van der Waals surface area (Å²) < 4.78 is 0. The number of rotatable bonds is 0. The summed E-state index contributed by atoms with van der Waals surface area (Å²) in [5.74, 6) is 0. The first-order chi connectivity index (χ1) is 0. The maximum absolute atomic E-state index is 0. The van der Waals surface area contributed by atoms with E-state index in [1.807, 2.05) is 0 Å². The Morgan fingerprint density at radius 2 is 1.20 bits per heavy atom. The van der Waals surface area contributed by atoms with Gasteiger partial charge >= 0.3 is 23.1 Å². The molecule has 0 rings (SSSR count). The van der Waals surface area contributed by atoms with Gasteiger partial charge < -0.3 is 2.85 Å². The zero-order chi connectivity index (χ0) is 0. The van der Waals surface area contributed by atoms with E-state index in [-0.39, 0.29) is 97.8 Å². The van der Waals surface area contributed by atoms with Crippen molar-refractivity contribution in [3.05, 3.63) is 0 Å². The topological polar surface area (TPSA) is 0 Å². The Labute approximate surface area is 96.4 Å². The quantitative estimate of drug-likeness (QED) is 0.396. The van der Waals surface area contributed by atoms with Crippen molar-refractivity contribution in [3.63, 3.8) is 0 Å². The molecule has 0 saturated heterocycles. The fourth-order valence-corrected chi connectivity index (χ4v) is 0. The van der Waals surface area contributed by atoms with E-state index in [4.69, 9.17) is 0 Å². The van der Waals surface area contributed by atoms with Gasteiger partial charge in [-0.3, -0.25) is 0 Å². The molecular formula is H9AlCrMgSiZr. The molecule has 0 aliphatic rings. The first kappa shape index (κ1) is 44.3. The molecule has 0 aromatic rings. The van der Waals surface area contributed by atoms with Crippen LogP contribution in [0.1, 0.15) is 2.85 Å². The smallest absolute Gasteiger partial charge is 1.00 e. The van der Waals surface area contributed by atoms with E-state index in [1.165, 1.54) is 0 Å². The molecular weight excluding hydrogens is 223 g/mol. The first-order valence-corrected chi connectivity index (χ1v) is 0. The third-order valence-electron chi connectivity index (χ3n) is 0. The maximum atomic E-state index is 0. The minimum absolute atomic E-state index is 0. The Kier molecular flexibility index (Phi) is 252. The zero-order valence-corrected chi connectivity index (χ0v) is 6.76. The fourth-order valence-electron chi connectivity index (χ4n) is 0. The third-order valence-corrected chi connectivity index (χ3v) is 0. The molecule has 28 valence electrons. The van der Waals surface area contributed by atoms with E-state index < -0.39 is 0 Å². The van der Waals surface area contributed by atoms with Crippen LogP contribution in [0.4, 0.5) is 0 Å². The summed E-state index contributed by atoms with van der Waals surface area (Å²) in [5, 5.41) is 0. The molecule has 0 nitrogen and oxygen atoms in total. The predicted octanol–water partition coefficient (Wildman–Crippen LogP) is -2.80. The van der Waals surface area contributed by atoms with Gasteiger partial charge in [0.15, 0.2) is 17.4 Å². The van der Waals surface area contributed by atoms with Gasteiger partial charge in [0.05, 0.1) is 0 Å². The van der Waals surface area contributed by atoms with Crippen molar-refractivity contribution in [2.75, 3.05) is 0 Å². The van der Waals surface area contributed by atoms with Crippen LogP contribution in [0.15, 0.2) is 0 Å². The van der Waals surface area contributed by atoms with Gasteiger partial charge in [-0.2, -0.15) is 0 Å². The maximum Gasteiger partial charge on any atom is 2.00 e. The summed E-state index contributed by atoms with van der Waals surface area (Å²) in [6, 6.07) is 0. The Balaban J connectivity index is 0. The van der Waals surface area contributed by atoms with Gasteiger partial charge in [-0.25, -0.2) is 0 Å². The van der Waals surface area contributed by atoms with Crippen LogP contribution in [0.3, 0.4) is 0 Å². The van der Waals surface area contributed by atoms with Crippen LogP contribution < -0.4 is 0 Å². The second kappa shape index (κ2) is 28.4. The Hall–Kier alpha value is 2.93. The summed E-state index contributed by atoms with van der Waals surface area (Å²) in [4.78, 5) is 0. The molecule has 0 aliphatic carbocycles. The Morgan fingerprint density at radius 3 is 1.20 bits per heavy atom. The molecule has 0 saturated carbocycles. The van der Waals surface area contributed by atoms with Crippen molar-refractivity contribution < 1.29 is 46.4 Å². The van der Waals surface area contributed by atoms with Gasteiger partial charge in [-0.15, -0.1) is 0 Å². The molecule has 0 spiro atoms. The average molecular weight is 232 g/mol. The SMILES string of the molecule is [AlH3].[Cr].[H-].[H-].[Mg+2].[SiH4].[Zr]. The summed E-state index contributed by atoms with van der Waals surface area (Å²) in [5.41, 5.74) is 0. The van der Waals surface area contributed by atoms with Crippen molar-refractivity contribution >= 4 is 51.4 Å². The van der Waals surface area contributed by atoms with Crippen LogP contribution in [0.25, 0.3) is 0 Å². The number of hydrogen-bond donors (Lipinski definition) is 0. The van der Waals surface area contributed by atoms with Gasteiger partial charge in [0.2, 0.25) is 0 Å². The van der Waals surface area contributed by atoms with Gasteiger partial charge in [-0.1, -0.05) is 0 Å². The van der Waals surface area contributed by atoms with Gasteiger partial charge in [0.25, 0.3) is 0 Å². The molecule has 5 heteroatoms. The van der Waals surface area contributed by atoms with Crippen molar-refractivity contribution in [1.82, 2.24) is 0 Å². The van der Waals surface area contributed by atoms with Gasteiger partial charge in [-0.05, 0) is 11.0 Å². The van der Waals surface area contributed by atoms with Crippen molar-refractivity contribution in [1.29, 1.82) is 0 Å². The molecule has 5 heavy (non-hydrogen) atoms. The normalized spacial score (nSPS) is 0. The monoisotopic (exact) mass is 230 g/mol. The first-order valence-electron chi connectivity index (χ1n) is 0. The molecule has 0 radical (unpaired) electrons. The minimum atomic E-state index is 0. The standard InChI is InChI=1S/Al.Cr.Mg.H4Si.Zr.5H/h;;;1H4;;;;;;/q;;+2;;;;;;2*-1. The Bertz CT molecular complexity index is 17.7.